The minimum absolute atomic E-state index is 0.0207. The SMILES string of the molecule is O=C(Cn1ccccc1=O)N1CCN(Cc2ncn[nH]2)CC1. The molecule has 1 fully saturated rings. The van der Waals surface area contributed by atoms with Gasteiger partial charge in [-0.1, -0.05) is 6.07 Å². The molecule has 0 radical (unpaired) electrons. The van der Waals surface area contributed by atoms with Crippen molar-refractivity contribution in [1.82, 2.24) is 29.5 Å². The number of carbonyl (C=O) groups is 1. The van der Waals surface area contributed by atoms with Gasteiger partial charge in [0.05, 0.1) is 6.54 Å². The average molecular weight is 302 g/mol. The van der Waals surface area contributed by atoms with E-state index in [4.69, 9.17) is 0 Å². The van der Waals surface area contributed by atoms with E-state index >= 15 is 0 Å². The van der Waals surface area contributed by atoms with Crippen LogP contribution >= 0.6 is 0 Å². The van der Waals surface area contributed by atoms with Gasteiger partial charge in [-0.3, -0.25) is 19.6 Å². The summed E-state index contributed by atoms with van der Waals surface area (Å²) in [6, 6.07) is 4.89. The Morgan fingerprint density at radius 3 is 2.73 bits per heavy atom. The van der Waals surface area contributed by atoms with E-state index in [1.54, 1.807) is 23.2 Å². The minimum atomic E-state index is -0.153. The first kappa shape index (κ1) is 14.5. The molecule has 2 aromatic rings. The van der Waals surface area contributed by atoms with Crippen molar-refractivity contribution in [3.63, 3.8) is 0 Å². The molecule has 22 heavy (non-hydrogen) atoms. The first-order valence-corrected chi connectivity index (χ1v) is 7.22. The quantitative estimate of drug-likeness (QED) is 0.808. The summed E-state index contributed by atoms with van der Waals surface area (Å²) in [5, 5.41) is 6.66. The van der Waals surface area contributed by atoms with Crippen LogP contribution in [-0.4, -0.2) is 61.6 Å². The van der Waals surface area contributed by atoms with Gasteiger partial charge < -0.3 is 9.47 Å². The molecule has 0 aromatic carbocycles. The van der Waals surface area contributed by atoms with Crippen molar-refractivity contribution < 1.29 is 4.79 Å². The molecule has 0 bridgehead atoms. The molecule has 1 N–H and O–H groups in total. The number of nitrogens with zero attached hydrogens (tertiary/aromatic N) is 5. The molecule has 2 aromatic heterocycles. The molecule has 0 saturated carbocycles. The van der Waals surface area contributed by atoms with Crippen molar-refractivity contribution in [1.29, 1.82) is 0 Å². The molecule has 3 heterocycles. The smallest absolute Gasteiger partial charge is 0.250 e. The van der Waals surface area contributed by atoms with Crippen LogP contribution in [0.25, 0.3) is 0 Å². The van der Waals surface area contributed by atoms with Crippen molar-refractivity contribution in [2.45, 2.75) is 13.1 Å². The largest absolute Gasteiger partial charge is 0.339 e. The van der Waals surface area contributed by atoms with Crippen LogP contribution in [0.15, 0.2) is 35.5 Å². The third kappa shape index (κ3) is 3.40. The summed E-state index contributed by atoms with van der Waals surface area (Å²) in [6.07, 6.45) is 3.13. The second-order valence-corrected chi connectivity index (χ2v) is 5.26. The van der Waals surface area contributed by atoms with Crippen LogP contribution in [0, 0.1) is 0 Å². The second-order valence-electron chi connectivity index (χ2n) is 5.26. The number of aromatic nitrogens is 4. The average Bonchev–Trinajstić information content (AvgIpc) is 3.03. The van der Waals surface area contributed by atoms with Gasteiger partial charge in [0, 0.05) is 38.4 Å². The van der Waals surface area contributed by atoms with Crippen molar-refractivity contribution >= 4 is 5.91 Å². The maximum atomic E-state index is 12.3. The van der Waals surface area contributed by atoms with Gasteiger partial charge in [0.2, 0.25) is 5.91 Å². The number of rotatable bonds is 4. The molecule has 0 atom stereocenters. The van der Waals surface area contributed by atoms with E-state index in [1.807, 2.05) is 0 Å². The van der Waals surface area contributed by atoms with E-state index < -0.39 is 0 Å². The molecule has 0 spiro atoms. The summed E-state index contributed by atoms with van der Waals surface area (Å²) in [5.41, 5.74) is -0.153. The van der Waals surface area contributed by atoms with Crippen LogP contribution in [0.2, 0.25) is 0 Å². The summed E-state index contributed by atoms with van der Waals surface area (Å²) in [5.74, 6) is 0.809. The highest BCUT2D eigenvalue weighted by atomic mass is 16.2. The topological polar surface area (TPSA) is 87.1 Å². The second kappa shape index (κ2) is 6.52. The van der Waals surface area contributed by atoms with Gasteiger partial charge in [0.15, 0.2) is 0 Å². The number of hydrogen-bond acceptors (Lipinski definition) is 5. The third-order valence-corrected chi connectivity index (χ3v) is 3.77. The van der Waals surface area contributed by atoms with Crippen molar-refractivity contribution in [3.05, 3.63) is 46.9 Å². The summed E-state index contributed by atoms with van der Waals surface area (Å²) < 4.78 is 1.43. The van der Waals surface area contributed by atoms with Gasteiger partial charge >= 0.3 is 0 Å². The molecule has 1 aliphatic heterocycles. The van der Waals surface area contributed by atoms with Crippen LogP contribution in [-0.2, 0) is 17.9 Å². The third-order valence-electron chi connectivity index (χ3n) is 3.77. The standard InChI is InChI=1S/C14H18N6O2/c21-13-3-1-2-4-20(13)10-14(22)19-7-5-18(6-8-19)9-12-15-11-16-17-12/h1-4,11H,5-10H2,(H,15,16,17). The van der Waals surface area contributed by atoms with E-state index in [9.17, 15) is 9.59 Å². The Bertz CT molecular complexity index is 673. The fraction of sp³-hybridized carbons (Fsp3) is 0.429. The zero-order chi connectivity index (χ0) is 15.4. The number of nitrogens with one attached hydrogen (secondary N) is 1. The van der Waals surface area contributed by atoms with Crippen LogP contribution in [0.4, 0.5) is 0 Å². The van der Waals surface area contributed by atoms with E-state index in [0.717, 1.165) is 18.9 Å². The molecule has 1 amide bonds. The van der Waals surface area contributed by atoms with E-state index in [0.29, 0.717) is 19.6 Å². The lowest BCUT2D eigenvalue weighted by Gasteiger charge is -2.34. The normalized spacial score (nSPS) is 15.9. The van der Waals surface area contributed by atoms with Gasteiger partial charge in [-0.05, 0) is 6.07 Å². The number of H-pyrrole nitrogens is 1. The predicted molar refractivity (Wildman–Crippen MR) is 78.9 cm³/mol. The predicted octanol–water partition coefficient (Wildman–Crippen LogP) is -0.689. The van der Waals surface area contributed by atoms with E-state index in [2.05, 4.69) is 20.1 Å². The van der Waals surface area contributed by atoms with Crippen LogP contribution in [0.5, 0.6) is 0 Å². The Balaban J connectivity index is 1.51. The lowest BCUT2D eigenvalue weighted by molar-refractivity contribution is -0.133. The number of pyridine rings is 1. The molecular weight excluding hydrogens is 284 g/mol. The van der Waals surface area contributed by atoms with Crippen molar-refractivity contribution in [2.75, 3.05) is 26.2 Å². The van der Waals surface area contributed by atoms with Crippen LogP contribution < -0.4 is 5.56 Å². The number of aromatic amines is 1. The molecule has 0 aliphatic carbocycles. The van der Waals surface area contributed by atoms with E-state index in [1.165, 1.54) is 17.0 Å². The van der Waals surface area contributed by atoms with E-state index in [-0.39, 0.29) is 18.0 Å². The van der Waals surface area contributed by atoms with Gasteiger partial charge in [-0.25, -0.2) is 4.98 Å². The highest BCUT2D eigenvalue weighted by molar-refractivity contribution is 5.76. The molecule has 116 valence electrons. The number of piperazine rings is 1. The van der Waals surface area contributed by atoms with Crippen molar-refractivity contribution in [2.24, 2.45) is 0 Å². The summed E-state index contributed by atoms with van der Waals surface area (Å²) in [6.45, 7) is 3.71. The molecule has 0 unspecified atom stereocenters. The molecule has 1 aliphatic rings. The number of carbonyl (C=O) groups excluding carboxylic acids is 1. The number of amides is 1. The minimum Gasteiger partial charge on any atom is -0.339 e. The molecule has 8 heteroatoms. The molecule has 3 rings (SSSR count). The zero-order valence-electron chi connectivity index (χ0n) is 12.2. The number of hydrogen-bond donors (Lipinski definition) is 1. The monoisotopic (exact) mass is 302 g/mol. The van der Waals surface area contributed by atoms with Gasteiger partial charge in [-0.2, -0.15) is 5.10 Å². The fourth-order valence-electron chi connectivity index (χ4n) is 2.51. The lowest BCUT2D eigenvalue weighted by atomic mass is 10.3. The summed E-state index contributed by atoms with van der Waals surface area (Å²) in [7, 11) is 0. The highest BCUT2D eigenvalue weighted by Gasteiger charge is 2.21. The van der Waals surface area contributed by atoms with Crippen molar-refractivity contribution in [3.8, 4) is 0 Å². The Morgan fingerprint density at radius 1 is 1.23 bits per heavy atom. The summed E-state index contributed by atoms with van der Waals surface area (Å²) in [4.78, 5) is 32.0. The highest BCUT2D eigenvalue weighted by Crippen LogP contribution is 2.05. The van der Waals surface area contributed by atoms with Gasteiger partial charge in [0.1, 0.15) is 18.7 Å². The van der Waals surface area contributed by atoms with Crippen LogP contribution in [0.1, 0.15) is 5.82 Å². The zero-order valence-corrected chi connectivity index (χ0v) is 12.2. The summed E-state index contributed by atoms with van der Waals surface area (Å²) >= 11 is 0. The van der Waals surface area contributed by atoms with Crippen LogP contribution in [0.3, 0.4) is 0 Å². The molecule has 8 nitrogen and oxygen atoms in total. The Morgan fingerprint density at radius 2 is 2.05 bits per heavy atom. The first-order chi connectivity index (χ1) is 10.7. The molecular formula is C14H18N6O2. The Kier molecular flexibility index (Phi) is 4.29. The maximum Gasteiger partial charge on any atom is 0.250 e. The van der Waals surface area contributed by atoms with Gasteiger partial charge in [0.25, 0.3) is 5.56 Å². The first-order valence-electron chi connectivity index (χ1n) is 7.22. The maximum absolute atomic E-state index is 12.3. The lowest BCUT2D eigenvalue weighted by Crippen LogP contribution is -2.49. The Labute approximate surface area is 127 Å². The Hall–Kier alpha value is -2.48. The van der Waals surface area contributed by atoms with Gasteiger partial charge in [-0.15, -0.1) is 0 Å². The fourth-order valence-corrected chi connectivity index (χ4v) is 2.51. The molecule has 1 saturated heterocycles.